The van der Waals surface area contributed by atoms with Crippen molar-refractivity contribution in [3.8, 4) is 0 Å². The maximum Gasteiger partial charge on any atom is 0.0620 e. The molecule has 0 aliphatic carbocycles. The summed E-state index contributed by atoms with van der Waals surface area (Å²) in [5, 5.41) is 3.69. The SMILES string of the molecule is CC[C@@H](CSc1ccccc1)N[C@H]1CCOC1. The smallest absolute Gasteiger partial charge is 0.0620 e. The van der Waals surface area contributed by atoms with E-state index in [4.69, 9.17) is 4.74 Å². The van der Waals surface area contributed by atoms with E-state index < -0.39 is 0 Å². The van der Waals surface area contributed by atoms with E-state index in [1.54, 1.807) is 0 Å². The van der Waals surface area contributed by atoms with Crippen molar-refractivity contribution in [2.45, 2.75) is 36.7 Å². The van der Waals surface area contributed by atoms with Gasteiger partial charge in [0.15, 0.2) is 0 Å². The van der Waals surface area contributed by atoms with Gasteiger partial charge >= 0.3 is 0 Å². The van der Waals surface area contributed by atoms with Gasteiger partial charge in [0, 0.05) is 29.3 Å². The van der Waals surface area contributed by atoms with E-state index in [9.17, 15) is 0 Å². The molecule has 1 fully saturated rings. The minimum absolute atomic E-state index is 0.566. The predicted octanol–water partition coefficient (Wildman–Crippen LogP) is 2.94. The van der Waals surface area contributed by atoms with Crippen molar-refractivity contribution in [1.82, 2.24) is 5.32 Å². The fourth-order valence-corrected chi connectivity index (χ4v) is 3.07. The standard InChI is InChI=1S/C14H21NOS/c1-2-12(15-13-8-9-16-10-13)11-17-14-6-4-3-5-7-14/h3-7,12-13,15H,2,8-11H2,1H3/t12-,13-/m0/s1. The molecule has 0 unspecified atom stereocenters. The quantitative estimate of drug-likeness (QED) is 0.786. The summed E-state index contributed by atoms with van der Waals surface area (Å²) in [6, 6.07) is 11.8. The zero-order valence-electron chi connectivity index (χ0n) is 10.4. The molecule has 1 heterocycles. The third-order valence-corrected chi connectivity index (χ3v) is 4.26. The Morgan fingerprint density at radius 2 is 2.24 bits per heavy atom. The molecule has 3 heteroatoms. The van der Waals surface area contributed by atoms with Crippen molar-refractivity contribution >= 4 is 11.8 Å². The molecule has 1 N–H and O–H groups in total. The van der Waals surface area contributed by atoms with E-state index in [0.29, 0.717) is 12.1 Å². The molecule has 0 saturated carbocycles. The first-order chi connectivity index (χ1) is 8.38. The third kappa shape index (κ3) is 4.34. The monoisotopic (exact) mass is 251 g/mol. The highest BCUT2D eigenvalue weighted by molar-refractivity contribution is 7.99. The summed E-state index contributed by atoms with van der Waals surface area (Å²) in [5.41, 5.74) is 0. The van der Waals surface area contributed by atoms with Gasteiger partial charge in [0.1, 0.15) is 0 Å². The van der Waals surface area contributed by atoms with Crippen LogP contribution in [-0.2, 0) is 4.74 Å². The van der Waals surface area contributed by atoms with Crippen LogP contribution in [0.3, 0.4) is 0 Å². The molecule has 0 radical (unpaired) electrons. The molecule has 2 atom stereocenters. The van der Waals surface area contributed by atoms with Gasteiger partial charge in [0.05, 0.1) is 6.61 Å². The lowest BCUT2D eigenvalue weighted by atomic mass is 10.2. The summed E-state index contributed by atoms with van der Waals surface area (Å²) >= 11 is 1.93. The van der Waals surface area contributed by atoms with Gasteiger partial charge in [-0.15, -0.1) is 11.8 Å². The highest BCUT2D eigenvalue weighted by Gasteiger charge is 2.18. The van der Waals surface area contributed by atoms with Crippen LogP contribution >= 0.6 is 11.8 Å². The number of rotatable bonds is 6. The molecule has 1 aromatic rings. The Balaban J connectivity index is 1.75. The average molecular weight is 251 g/mol. The minimum atomic E-state index is 0.566. The normalized spacial score (nSPS) is 21.6. The summed E-state index contributed by atoms with van der Waals surface area (Å²) in [4.78, 5) is 1.36. The van der Waals surface area contributed by atoms with Crippen LogP contribution in [0, 0.1) is 0 Å². The molecule has 94 valence electrons. The van der Waals surface area contributed by atoms with Crippen molar-refractivity contribution < 1.29 is 4.74 Å². The Morgan fingerprint density at radius 1 is 1.41 bits per heavy atom. The average Bonchev–Trinajstić information content (AvgIpc) is 2.88. The van der Waals surface area contributed by atoms with Gasteiger partial charge in [-0.25, -0.2) is 0 Å². The molecular formula is C14H21NOS. The zero-order chi connectivity index (χ0) is 11.9. The van der Waals surface area contributed by atoms with Crippen molar-refractivity contribution in [2.75, 3.05) is 19.0 Å². The lowest BCUT2D eigenvalue weighted by Gasteiger charge is -2.20. The topological polar surface area (TPSA) is 21.3 Å². The number of ether oxygens (including phenoxy) is 1. The molecule has 1 aliphatic heterocycles. The third-order valence-electron chi connectivity index (χ3n) is 3.09. The zero-order valence-corrected chi connectivity index (χ0v) is 11.2. The molecule has 0 spiro atoms. The first-order valence-corrected chi connectivity index (χ1v) is 7.38. The molecular weight excluding hydrogens is 230 g/mol. The molecule has 2 rings (SSSR count). The predicted molar refractivity (Wildman–Crippen MR) is 73.6 cm³/mol. The molecule has 0 bridgehead atoms. The first kappa shape index (κ1) is 12.9. The van der Waals surface area contributed by atoms with Crippen LogP contribution in [0.25, 0.3) is 0 Å². The van der Waals surface area contributed by atoms with Gasteiger partial charge in [0.2, 0.25) is 0 Å². The van der Waals surface area contributed by atoms with Crippen LogP contribution < -0.4 is 5.32 Å². The van der Waals surface area contributed by atoms with Crippen LogP contribution in [0.1, 0.15) is 19.8 Å². The molecule has 0 amide bonds. The Kier molecular flexibility index (Phi) is 5.36. The fourth-order valence-electron chi connectivity index (χ4n) is 2.00. The summed E-state index contributed by atoms with van der Waals surface area (Å²) in [7, 11) is 0. The second-order valence-corrected chi connectivity index (χ2v) is 5.55. The van der Waals surface area contributed by atoms with Crippen LogP contribution in [0.15, 0.2) is 35.2 Å². The lowest BCUT2D eigenvalue weighted by Crippen LogP contribution is -2.39. The molecule has 2 nitrogen and oxygen atoms in total. The minimum Gasteiger partial charge on any atom is -0.380 e. The van der Waals surface area contributed by atoms with Gasteiger partial charge in [0.25, 0.3) is 0 Å². The van der Waals surface area contributed by atoms with Gasteiger partial charge < -0.3 is 10.1 Å². The second kappa shape index (κ2) is 7.04. The second-order valence-electron chi connectivity index (χ2n) is 4.46. The van der Waals surface area contributed by atoms with Crippen LogP contribution in [0.4, 0.5) is 0 Å². The van der Waals surface area contributed by atoms with Crippen molar-refractivity contribution in [3.63, 3.8) is 0 Å². The van der Waals surface area contributed by atoms with Crippen LogP contribution in [-0.4, -0.2) is 31.1 Å². The summed E-state index contributed by atoms with van der Waals surface area (Å²) < 4.78 is 5.40. The molecule has 0 aromatic heterocycles. The Labute approximate surface area is 108 Å². The first-order valence-electron chi connectivity index (χ1n) is 6.40. The number of thioether (sulfide) groups is 1. The fraction of sp³-hybridized carbons (Fsp3) is 0.571. The van der Waals surface area contributed by atoms with E-state index in [2.05, 4.69) is 42.6 Å². The van der Waals surface area contributed by atoms with Gasteiger partial charge in [-0.1, -0.05) is 25.1 Å². The van der Waals surface area contributed by atoms with Crippen molar-refractivity contribution in [2.24, 2.45) is 0 Å². The Bertz CT molecular complexity index is 311. The highest BCUT2D eigenvalue weighted by Crippen LogP contribution is 2.19. The van der Waals surface area contributed by atoms with Crippen LogP contribution in [0.2, 0.25) is 0 Å². The Morgan fingerprint density at radius 3 is 2.88 bits per heavy atom. The number of benzene rings is 1. The summed E-state index contributed by atoms with van der Waals surface area (Å²) in [5.74, 6) is 1.14. The van der Waals surface area contributed by atoms with E-state index in [1.807, 2.05) is 11.8 Å². The highest BCUT2D eigenvalue weighted by atomic mass is 32.2. The Hall–Kier alpha value is -0.510. The van der Waals surface area contributed by atoms with Gasteiger partial charge in [-0.3, -0.25) is 0 Å². The van der Waals surface area contributed by atoms with Crippen LogP contribution in [0.5, 0.6) is 0 Å². The summed E-state index contributed by atoms with van der Waals surface area (Å²) in [6.45, 7) is 4.05. The number of hydrogen-bond acceptors (Lipinski definition) is 3. The summed E-state index contributed by atoms with van der Waals surface area (Å²) in [6.07, 6.45) is 2.34. The van der Waals surface area contributed by atoms with E-state index >= 15 is 0 Å². The molecule has 1 aromatic carbocycles. The van der Waals surface area contributed by atoms with Gasteiger partial charge in [-0.2, -0.15) is 0 Å². The van der Waals surface area contributed by atoms with Crippen molar-refractivity contribution in [1.29, 1.82) is 0 Å². The van der Waals surface area contributed by atoms with E-state index in [-0.39, 0.29) is 0 Å². The maximum absolute atomic E-state index is 5.40. The molecule has 1 saturated heterocycles. The van der Waals surface area contributed by atoms with E-state index in [0.717, 1.165) is 25.4 Å². The maximum atomic E-state index is 5.40. The largest absolute Gasteiger partial charge is 0.380 e. The van der Waals surface area contributed by atoms with Crippen molar-refractivity contribution in [3.05, 3.63) is 30.3 Å². The molecule has 1 aliphatic rings. The van der Waals surface area contributed by atoms with E-state index in [1.165, 1.54) is 11.3 Å². The number of hydrogen-bond donors (Lipinski definition) is 1. The van der Waals surface area contributed by atoms with Gasteiger partial charge in [-0.05, 0) is 25.0 Å². The molecule has 17 heavy (non-hydrogen) atoms. The lowest BCUT2D eigenvalue weighted by molar-refractivity contribution is 0.188. The number of nitrogens with one attached hydrogen (secondary N) is 1.